The monoisotopic (exact) mass is 500 g/mol. The Morgan fingerprint density at radius 2 is 1.94 bits per heavy atom. The number of aliphatic imine (C=N–C) groups is 1. The van der Waals surface area contributed by atoms with Crippen molar-refractivity contribution in [1.82, 2.24) is 9.80 Å². The van der Waals surface area contributed by atoms with Crippen molar-refractivity contribution in [1.29, 1.82) is 5.26 Å². The Morgan fingerprint density at radius 3 is 2.66 bits per heavy atom. The van der Waals surface area contributed by atoms with E-state index in [1.165, 1.54) is 18.2 Å². The number of urea groups is 1. The normalized spacial score (nSPS) is 17.7. The highest BCUT2D eigenvalue weighted by Crippen LogP contribution is 2.33. The number of carbonyl (C=O) groups is 1. The average molecular weight is 501 g/mol. The number of guanidine groups is 1. The van der Waals surface area contributed by atoms with Crippen LogP contribution < -0.4 is 20.1 Å². The van der Waals surface area contributed by atoms with Crippen LogP contribution in [0.3, 0.4) is 0 Å². The molecule has 2 heterocycles. The molecule has 9 nitrogen and oxygen atoms in total. The molecule has 2 N–H and O–H groups in total. The standard InChI is InChI=1S/C24H26ClFN6O3/c1-15(2)20-13-31(24(33)29-17-4-6-21-22(12-17)35-10-9-34-21)7-8-32(20)23(28-14-27)30-19-5-3-16(26)11-18(19)25/h3-6,11-12,15,20H,7-10,13H2,1-2H3,(H,28,30)(H,29,33). The van der Waals surface area contributed by atoms with Gasteiger partial charge in [0.05, 0.1) is 16.8 Å². The van der Waals surface area contributed by atoms with Crippen molar-refractivity contribution < 1.29 is 18.7 Å². The van der Waals surface area contributed by atoms with Gasteiger partial charge in [-0.3, -0.25) is 0 Å². The first-order valence-electron chi connectivity index (χ1n) is 11.3. The molecule has 1 fully saturated rings. The van der Waals surface area contributed by atoms with Gasteiger partial charge in [0.1, 0.15) is 19.0 Å². The van der Waals surface area contributed by atoms with Gasteiger partial charge in [-0.15, -0.1) is 4.99 Å². The summed E-state index contributed by atoms with van der Waals surface area (Å²) in [6.45, 7) is 6.29. The maximum atomic E-state index is 13.5. The Bertz CT molecular complexity index is 1170. The van der Waals surface area contributed by atoms with Crippen LogP contribution in [0.5, 0.6) is 11.5 Å². The fourth-order valence-corrected chi connectivity index (χ4v) is 4.29. The molecule has 35 heavy (non-hydrogen) atoms. The minimum atomic E-state index is -0.461. The molecule has 2 aliphatic heterocycles. The number of nitriles is 1. The number of carbonyl (C=O) groups excluding carboxylic acids is 1. The van der Waals surface area contributed by atoms with Gasteiger partial charge < -0.3 is 29.9 Å². The summed E-state index contributed by atoms with van der Waals surface area (Å²) in [7, 11) is 0. The van der Waals surface area contributed by atoms with Gasteiger partial charge in [0.15, 0.2) is 11.5 Å². The molecule has 184 valence electrons. The fourth-order valence-electron chi connectivity index (χ4n) is 4.07. The molecule has 4 rings (SSSR count). The van der Waals surface area contributed by atoms with Crippen molar-refractivity contribution in [3.63, 3.8) is 0 Å². The van der Waals surface area contributed by atoms with Gasteiger partial charge in [-0.25, -0.2) is 9.18 Å². The fraction of sp³-hybridized carbons (Fsp3) is 0.375. The van der Waals surface area contributed by atoms with Crippen LogP contribution in [0.2, 0.25) is 5.02 Å². The first kappa shape index (κ1) is 24.4. The van der Waals surface area contributed by atoms with E-state index >= 15 is 0 Å². The minimum Gasteiger partial charge on any atom is -0.486 e. The van der Waals surface area contributed by atoms with E-state index in [9.17, 15) is 14.4 Å². The molecule has 0 radical (unpaired) electrons. The van der Waals surface area contributed by atoms with Crippen LogP contribution in [0.15, 0.2) is 41.4 Å². The van der Waals surface area contributed by atoms with E-state index in [2.05, 4.69) is 15.6 Å². The maximum Gasteiger partial charge on any atom is 0.321 e. The van der Waals surface area contributed by atoms with Gasteiger partial charge in [-0.05, 0) is 36.2 Å². The molecule has 0 aliphatic carbocycles. The van der Waals surface area contributed by atoms with Crippen LogP contribution in [0.1, 0.15) is 13.8 Å². The summed E-state index contributed by atoms with van der Waals surface area (Å²) in [4.78, 5) is 20.7. The number of rotatable bonds is 3. The molecule has 2 aromatic carbocycles. The van der Waals surface area contributed by atoms with Crippen molar-refractivity contribution in [3.8, 4) is 17.7 Å². The van der Waals surface area contributed by atoms with Crippen molar-refractivity contribution in [2.75, 3.05) is 43.5 Å². The minimum absolute atomic E-state index is 0.131. The summed E-state index contributed by atoms with van der Waals surface area (Å²) in [5, 5.41) is 15.4. The number of nitrogens with zero attached hydrogens (tertiary/aromatic N) is 4. The number of hydrogen-bond acceptors (Lipinski definition) is 5. The number of hydrogen-bond donors (Lipinski definition) is 2. The van der Waals surface area contributed by atoms with Crippen molar-refractivity contribution in [3.05, 3.63) is 47.2 Å². The molecule has 1 atom stereocenters. The zero-order valence-electron chi connectivity index (χ0n) is 19.4. The van der Waals surface area contributed by atoms with E-state index in [-0.39, 0.29) is 23.0 Å². The molecule has 1 unspecified atom stereocenters. The number of amides is 2. The average Bonchev–Trinajstić information content (AvgIpc) is 2.84. The van der Waals surface area contributed by atoms with Gasteiger partial charge in [0, 0.05) is 31.4 Å². The first-order valence-corrected chi connectivity index (χ1v) is 11.6. The first-order chi connectivity index (χ1) is 16.9. The Kier molecular flexibility index (Phi) is 7.46. The van der Waals surface area contributed by atoms with E-state index in [4.69, 9.17) is 21.1 Å². The lowest BCUT2D eigenvalue weighted by Crippen LogP contribution is -2.60. The molecule has 0 spiro atoms. The quantitative estimate of drug-likeness (QED) is 0.368. The van der Waals surface area contributed by atoms with E-state index in [0.717, 1.165) is 0 Å². The molecule has 2 amide bonds. The van der Waals surface area contributed by atoms with Crippen LogP contribution in [0.25, 0.3) is 0 Å². The molecule has 0 saturated carbocycles. The SMILES string of the molecule is CC(C)C1CN(C(=O)Nc2ccc3c(c2)OCCO3)CCN1/C(=N/C#N)Nc1ccc(F)cc1Cl. The summed E-state index contributed by atoms with van der Waals surface area (Å²) >= 11 is 6.16. The number of anilines is 2. The summed E-state index contributed by atoms with van der Waals surface area (Å²) in [5.41, 5.74) is 1.05. The van der Waals surface area contributed by atoms with Crippen LogP contribution >= 0.6 is 11.6 Å². The Hall–Kier alpha value is -3.71. The third kappa shape index (κ3) is 5.69. The molecular formula is C24H26ClFN6O3. The van der Waals surface area contributed by atoms with Crippen LogP contribution in [-0.2, 0) is 0 Å². The van der Waals surface area contributed by atoms with Crippen molar-refractivity contribution in [2.45, 2.75) is 19.9 Å². The smallest absolute Gasteiger partial charge is 0.321 e. The summed E-state index contributed by atoms with van der Waals surface area (Å²) in [6.07, 6.45) is 1.82. The maximum absolute atomic E-state index is 13.5. The zero-order chi connectivity index (χ0) is 24.9. The number of halogens is 2. The molecule has 0 aromatic heterocycles. The molecule has 11 heteroatoms. The number of fused-ring (bicyclic) bond motifs is 1. The zero-order valence-corrected chi connectivity index (χ0v) is 20.2. The van der Waals surface area contributed by atoms with Gasteiger partial charge in [0.2, 0.25) is 12.2 Å². The second-order valence-corrected chi connectivity index (χ2v) is 8.93. The highest BCUT2D eigenvalue weighted by atomic mass is 35.5. The lowest BCUT2D eigenvalue weighted by Gasteiger charge is -2.44. The molecule has 2 aromatic rings. The van der Waals surface area contributed by atoms with E-state index < -0.39 is 5.82 Å². The molecule has 0 bridgehead atoms. The second kappa shape index (κ2) is 10.7. The van der Waals surface area contributed by atoms with Gasteiger partial charge in [0.25, 0.3) is 0 Å². The third-order valence-electron chi connectivity index (χ3n) is 5.87. The molecule has 1 saturated heterocycles. The Morgan fingerprint density at radius 1 is 1.17 bits per heavy atom. The molecule has 2 aliphatic rings. The lowest BCUT2D eigenvalue weighted by atomic mass is 10.00. The van der Waals surface area contributed by atoms with Crippen molar-refractivity contribution in [2.24, 2.45) is 10.9 Å². The predicted octanol–water partition coefficient (Wildman–Crippen LogP) is 4.37. The van der Waals surface area contributed by atoms with E-state index in [1.807, 2.05) is 24.9 Å². The number of benzene rings is 2. The van der Waals surface area contributed by atoms with Gasteiger partial charge in [-0.2, -0.15) is 5.26 Å². The number of nitrogens with one attached hydrogen (secondary N) is 2. The van der Waals surface area contributed by atoms with Gasteiger partial charge >= 0.3 is 6.03 Å². The molecular weight excluding hydrogens is 475 g/mol. The highest BCUT2D eigenvalue weighted by Gasteiger charge is 2.34. The topological polar surface area (TPSA) is 102 Å². The van der Waals surface area contributed by atoms with E-state index in [1.54, 1.807) is 23.1 Å². The predicted molar refractivity (Wildman–Crippen MR) is 131 cm³/mol. The van der Waals surface area contributed by atoms with Crippen LogP contribution in [0, 0.1) is 23.2 Å². The second-order valence-electron chi connectivity index (χ2n) is 8.52. The summed E-state index contributed by atoms with van der Waals surface area (Å²) in [6, 6.07) is 8.88. The summed E-state index contributed by atoms with van der Waals surface area (Å²) in [5.74, 6) is 1.22. The summed E-state index contributed by atoms with van der Waals surface area (Å²) < 4.78 is 24.6. The number of ether oxygens (including phenoxy) is 2. The van der Waals surface area contributed by atoms with E-state index in [0.29, 0.717) is 61.7 Å². The van der Waals surface area contributed by atoms with Gasteiger partial charge in [-0.1, -0.05) is 25.4 Å². The lowest BCUT2D eigenvalue weighted by molar-refractivity contribution is 0.120. The highest BCUT2D eigenvalue weighted by molar-refractivity contribution is 6.33. The van der Waals surface area contributed by atoms with Crippen LogP contribution in [0.4, 0.5) is 20.6 Å². The largest absolute Gasteiger partial charge is 0.486 e. The number of piperazine rings is 1. The van der Waals surface area contributed by atoms with Crippen molar-refractivity contribution >= 4 is 35.0 Å². The third-order valence-corrected chi connectivity index (χ3v) is 6.19. The Balaban J connectivity index is 1.47. The Labute approximate surface area is 208 Å². The van der Waals surface area contributed by atoms with Crippen LogP contribution in [-0.4, -0.2) is 60.7 Å².